The topological polar surface area (TPSA) is 76.4 Å². The second kappa shape index (κ2) is 8.02. The van der Waals surface area contributed by atoms with E-state index in [1.165, 1.54) is 5.56 Å². The van der Waals surface area contributed by atoms with Crippen LogP contribution in [-0.2, 0) is 12.8 Å². The van der Waals surface area contributed by atoms with Gasteiger partial charge in [0.15, 0.2) is 0 Å². The highest BCUT2D eigenvalue weighted by Crippen LogP contribution is 2.34. The lowest BCUT2D eigenvalue weighted by molar-refractivity contribution is 0.0782. The Morgan fingerprint density at radius 3 is 2.75 bits per heavy atom. The van der Waals surface area contributed by atoms with Crippen LogP contribution in [0.5, 0.6) is 5.75 Å². The van der Waals surface area contributed by atoms with E-state index in [0.717, 1.165) is 60.6 Å². The summed E-state index contributed by atoms with van der Waals surface area (Å²) in [5.41, 5.74) is 5.70. The summed E-state index contributed by atoms with van der Waals surface area (Å²) in [7, 11) is 5.79. The number of carbonyl (C=O) groups excluding carboxylic acids is 1. The summed E-state index contributed by atoms with van der Waals surface area (Å²) < 4.78 is 7.09. The summed E-state index contributed by atoms with van der Waals surface area (Å²) in [5, 5.41) is 4.48. The maximum Gasteiger partial charge on any atom is 0.257 e. The number of likely N-dealkylation sites (N-methyl/N-ethyl adjacent to an activating group) is 1. The number of rotatable bonds is 4. The summed E-state index contributed by atoms with van der Waals surface area (Å²) in [5.74, 6) is 1.30. The second-order valence-electron chi connectivity index (χ2n) is 8.78. The lowest BCUT2D eigenvalue weighted by Gasteiger charge is -2.20. The Morgan fingerprint density at radius 2 is 2.00 bits per heavy atom. The highest BCUT2D eigenvalue weighted by molar-refractivity contribution is 5.95. The smallest absolute Gasteiger partial charge is 0.257 e. The summed E-state index contributed by atoms with van der Waals surface area (Å²) in [6.45, 7) is 3.41. The van der Waals surface area contributed by atoms with Gasteiger partial charge in [-0.1, -0.05) is 6.07 Å². The molecule has 0 radical (unpaired) electrons. The first-order chi connectivity index (χ1) is 15.5. The van der Waals surface area contributed by atoms with Crippen molar-refractivity contribution in [2.45, 2.75) is 32.2 Å². The Bertz CT molecular complexity index is 1190. The van der Waals surface area contributed by atoms with E-state index in [1.807, 2.05) is 30.2 Å². The molecule has 1 aliphatic heterocycles. The Morgan fingerprint density at radius 1 is 1.19 bits per heavy atom. The van der Waals surface area contributed by atoms with Gasteiger partial charge < -0.3 is 14.5 Å². The third-order valence-corrected chi connectivity index (χ3v) is 6.70. The van der Waals surface area contributed by atoms with Gasteiger partial charge in [-0.2, -0.15) is 5.10 Å². The van der Waals surface area contributed by atoms with Crippen molar-refractivity contribution in [3.63, 3.8) is 0 Å². The van der Waals surface area contributed by atoms with Crippen molar-refractivity contribution in [3.8, 4) is 23.0 Å². The number of amides is 1. The number of fused-ring (bicyclic) bond motifs is 3. The zero-order chi connectivity index (χ0) is 22.4. The van der Waals surface area contributed by atoms with Crippen molar-refractivity contribution >= 4 is 5.91 Å². The van der Waals surface area contributed by atoms with Crippen LogP contribution in [0.15, 0.2) is 30.6 Å². The van der Waals surface area contributed by atoms with Gasteiger partial charge in [0, 0.05) is 30.9 Å². The highest BCUT2D eigenvalue weighted by atomic mass is 16.5. The van der Waals surface area contributed by atoms with Crippen molar-refractivity contribution in [3.05, 3.63) is 53.0 Å². The van der Waals surface area contributed by atoms with Gasteiger partial charge in [0.25, 0.3) is 11.9 Å². The lowest BCUT2D eigenvalue weighted by atomic mass is 9.90. The molecule has 8 nitrogen and oxygen atoms in total. The van der Waals surface area contributed by atoms with Gasteiger partial charge in [-0.05, 0) is 63.5 Å². The van der Waals surface area contributed by atoms with E-state index in [0.29, 0.717) is 17.6 Å². The lowest BCUT2D eigenvalue weighted by Crippen LogP contribution is -2.34. The third-order valence-electron chi connectivity index (χ3n) is 6.70. The number of aryl methyl sites for hydroxylation is 2. The van der Waals surface area contributed by atoms with Gasteiger partial charge in [0.2, 0.25) is 0 Å². The Labute approximate surface area is 187 Å². The number of carbonyl (C=O) groups is 1. The number of hydrogen-bond donors (Lipinski definition) is 0. The van der Waals surface area contributed by atoms with Crippen molar-refractivity contribution in [2.24, 2.45) is 0 Å². The maximum absolute atomic E-state index is 13.1. The average molecular weight is 433 g/mol. The molecule has 1 saturated heterocycles. The molecule has 8 heteroatoms. The molecule has 2 aromatic heterocycles. The summed E-state index contributed by atoms with van der Waals surface area (Å²) in [6, 6.07) is 6.52. The number of ether oxygens (including phenoxy) is 1. The molecule has 0 bridgehead atoms. The molecule has 2 aliphatic rings. The van der Waals surface area contributed by atoms with Crippen molar-refractivity contribution < 1.29 is 9.53 Å². The molecule has 1 atom stereocenters. The summed E-state index contributed by atoms with van der Waals surface area (Å²) in [6.07, 6.45) is 6.37. The molecule has 3 heterocycles. The Kier molecular flexibility index (Phi) is 5.17. The predicted octanol–water partition coefficient (Wildman–Crippen LogP) is 2.52. The van der Waals surface area contributed by atoms with Gasteiger partial charge >= 0.3 is 0 Å². The second-order valence-corrected chi connectivity index (χ2v) is 8.78. The third kappa shape index (κ3) is 3.44. The van der Waals surface area contributed by atoms with Crippen LogP contribution in [0.1, 0.15) is 33.6 Å². The van der Waals surface area contributed by atoms with E-state index in [9.17, 15) is 4.79 Å². The zero-order valence-electron chi connectivity index (χ0n) is 19.0. The molecule has 0 N–H and O–H groups in total. The predicted molar refractivity (Wildman–Crippen MR) is 121 cm³/mol. The van der Waals surface area contributed by atoms with Crippen LogP contribution in [0.2, 0.25) is 0 Å². The number of methoxy groups -OCH3 is 1. The monoisotopic (exact) mass is 432 g/mol. The van der Waals surface area contributed by atoms with Gasteiger partial charge in [-0.3, -0.25) is 4.79 Å². The van der Waals surface area contributed by atoms with Gasteiger partial charge in [0.1, 0.15) is 5.75 Å². The number of aromatic nitrogens is 4. The van der Waals surface area contributed by atoms with Crippen molar-refractivity contribution in [2.75, 3.05) is 34.3 Å². The van der Waals surface area contributed by atoms with E-state index in [2.05, 4.69) is 35.1 Å². The van der Waals surface area contributed by atoms with E-state index in [4.69, 9.17) is 9.72 Å². The van der Waals surface area contributed by atoms with Crippen LogP contribution in [-0.4, -0.2) is 75.8 Å². The minimum absolute atomic E-state index is 0.0196. The first kappa shape index (κ1) is 20.6. The van der Waals surface area contributed by atoms with Crippen LogP contribution >= 0.6 is 0 Å². The number of hydrogen-bond acceptors (Lipinski definition) is 6. The normalized spacial score (nSPS) is 17.4. The van der Waals surface area contributed by atoms with Gasteiger partial charge in [-0.25, -0.2) is 14.6 Å². The quantitative estimate of drug-likeness (QED) is 0.631. The molecule has 32 heavy (non-hydrogen) atoms. The average Bonchev–Trinajstić information content (AvgIpc) is 3.45. The van der Waals surface area contributed by atoms with Crippen LogP contribution in [0.3, 0.4) is 0 Å². The van der Waals surface area contributed by atoms with Crippen LogP contribution in [0.25, 0.3) is 17.2 Å². The van der Waals surface area contributed by atoms with Crippen LogP contribution in [0, 0.1) is 6.92 Å². The molecular weight excluding hydrogens is 404 g/mol. The van der Waals surface area contributed by atoms with Gasteiger partial charge in [0.05, 0.1) is 30.3 Å². The minimum atomic E-state index is 0.0196. The highest BCUT2D eigenvalue weighted by Gasteiger charge is 2.30. The molecule has 0 spiro atoms. The van der Waals surface area contributed by atoms with E-state index >= 15 is 0 Å². The largest absolute Gasteiger partial charge is 0.497 e. The molecule has 1 fully saturated rings. The summed E-state index contributed by atoms with van der Waals surface area (Å²) >= 11 is 0. The molecule has 1 amide bonds. The number of likely N-dealkylation sites (tertiary alicyclic amines) is 1. The minimum Gasteiger partial charge on any atom is -0.497 e. The van der Waals surface area contributed by atoms with Crippen LogP contribution in [0.4, 0.5) is 0 Å². The van der Waals surface area contributed by atoms with E-state index < -0.39 is 0 Å². The molecular formula is C24H28N6O2. The molecule has 5 rings (SSSR count). The molecule has 1 aliphatic carbocycles. The zero-order valence-corrected chi connectivity index (χ0v) is 19.0. The van der Waals surface area contributed by atoms with Crippen molar-refractivity contribution in [1.82, 2.24) is 29.5 Å². The first-order valence-electron chi connectivity index (χ1n) is 11.0. The van der Waals surface area contributed by atoms with Gasteiger partial charge in [-0.15, -0.1) is 0 Å². The maximum atomic E-state index is 13.1. The fourth-order valence-electron chi connectivity index (χ4n) is 4.65. The van der Waals surface area contributed by atoms with Crippen molar-refractivity contribution in [1.29, 1.82) is 0 Å². The Balaban J connectivity index is 1.47. The summed E-state index contributed by atoms with van der Waals surface area (Å²) in [4.78, 5) is 26.7. The molecule has 0 saturated carbocycles. The molecule has 3 aromatic rings. The van der Waals surface area contributed by atoms with E-state index in [-0.39, 0.29) is 5.91 Å². The molecule has 1 unspecified atom stereocenters. The number of benzene rings is 1. The van der Waals surface area contributed by atoms with E-state index in [1.54, 1.807) is 18.0 Å². The SMILES string of the molecule is COc1ccc2c(c1)-c1nc(-n3ncc(C(=O)N4CCC(N(C)C)C4)c3C)ncc1CC2. The Hall–Kier alpha value is -3.26. The first-order valence-corrected chi connectivity index (χ1v) is 11.0. The molecule has 1 aromatic carbocycles. The fourth-order valence-corrected chi connectivity index (χ4v) is 4.65. The fraction of sp³-hybridized carbons (Fsp3) is 0.417. The molecule has 166 valence electrons. The number of nitrogens with zero attached hydrogens (tertiary/aromatic N) is 6. The van der Waals surface area contributed by atoms with Crippen LogP contribution < -0.4 is 4.74 Å². The standard InChI is InChI=1S/C24H28N6O2/c1-15-21(23(31)29-10-9-18(14-29)28(2)3)13-26-30(15)24-25-12-17-6-5-16-7-8-19(32-4)11-20(16)22(17)27-24/h7-8,11-13,18H,5-6,9-10,14H2,1-4H3.